The number of hydrogen-bond donors (Lipinski definition) is 2. The van der Waals surface area contributed by atoms with Gasteiger partial charge in [0, 0.05) is 11.1 Å². The highest BCUT2D eigenvalue weighted by Crippen LogP contribution is 2.52. The van der Waals surface area contributed by atoms with Crippen molar-refractivity contribution in [1.29, 1.82) is 0 Å². The lowest BCUT2D eigenvalue weighted by Gasteiger charge is -2.33. The molecule has 168 valence electrons. The summed E-state index contributed by atoms with van der Waals surface area (Å²) in [5.74, 6) is 0. The predicted octanol–water partition coefficient (Wildman–Crippen LogP) is 5.46. The molecular formula is C16H8F12O2. The van der Waals surface area contributed by atoms with E-state index in [1.807, 2.05) is 0 Å². The van der Waals surface area contributed by atoms with E-state index < -0.39 is 57.8 Å². The summed E-state index contributed by atoms with van der Waals surface area (Å²) in [7, 11) is 0. The Morgan fingerprint density at radius 1 is 0.433 bits per heavy atom. The van der Waals surface area contributed by atoms with E-state index in [4.69, 9.17) is 0 Å². The largest absolute Gasteiger partial charge is 0.430 e. The van der Waals surface area contributed by atoms with Crippen LogP contribution in [0, 0.1) is 0 Å². The molecule has 2 rings (SSSR count). The van der Waals surface area contributed by atoms with Gasteiger partial charge >= 0.3 is 24.7 Å². The van der Waals surface area contributed by atoms with Crippen LogP contribution in [0.3, 0.4) is 0 Å². The van der Waals surface area contributed by atoms with E-state index in [9.17, 15) is 62.9 Å². The van der Waals surface area contributed by atoms with Crippen LogP contribution in [-0.4, -0.2) is 34.9 Å². The quantitative estimate of drug-likeness (QED) is 0.585. The summed E-state index contributed by atoms with van der Waals surface area (Å²) in [5.41, 5.74) is -14.2. The summed E-state index contributed by atoms with van der Waals surface area (Å²) >= 11 is 0. The lowest BCUT2D eigenvalue weighted by atomic mass is 9.87. The number of halogens is 12. The highest BCUT2D eigenvalue weighted by atomic mass is 19.4. The fourth-order valence-electron chi connectivity index (χ4n) is 2.67. The van der Waals surface area contributed by atoms with Crippen LogP contribution < -0.4 is 0 Å². The van der Waals surface area contributed by atoms with Gasteiger partial charge in [0.05, 0.1) is 0 Å². The van der Waals surface area contributed by atoms with E-state index in [0.717, 1.165) is 0 Å². The number of alkyl halides is 12. The second-order valence-electron chi connectivity index (χ2n) is 6.19. The normalized spacial score (nSPS) is 15.0. The van der Waals surface area contributed by atoms with Crippen molar-refractivity contribution in [3.63, 3.8) is 0 Å². The first-order chi connectivity index (χ1) is 13.2. The molecule has 0 heterocycles. The van der Waals surface area contributed by atoms with E-state index in [0.29, 0.717) is 12.1 Å². The zero-order valence-electron chi connectivity index (χ0n) is 13.9. The molecule has 0 aliphatic heterocycles. The molecular weight excluding hydrogens is 452 g/mol. The molecule has 2 aromatic rings. The molecule has 30 heavy (non-hydrogen) atoms. The summed E-state index contributed by atoms with van der Waals surface area (Å²) in [6.45, 7) is 0. The minimum atomic E-state index is -6.24. The third kappa shape index (κ3) is 3.45. The third-order valence-corrected chi connectivity index (χ3v) is 4.32. The number of aliphatic hydroxyl groups is 2. The molecule has 0 atom stereocenters. The Morgan fingerprint density at radius 3 is 0.867 bits per heavy atom. The molecule has 0 unspecified atom stereocenters. The lowest BCUT2D eigenvalue weighted by Crippen LogP contribution is -2.54. The van der Waals surface area contributed by atoms with Crippen LogP contribution in [0.5, 0.6) is 0 Å². The zero-order valence-corrected chi connectivity index (χ0v) is 13.9. The second-order valence-corrected chi connectivity index (χ2v) is 6.19. The van der Waals surface area contributed by atoms with E-state index in [2.05, 4.69) is 0 Å². The van der Waals surface area contributed by atoms with Gasteiger partial charge in [-0.1, -0.05) is 24.3 Å². The molecule has 0 aliphatic carbocycles. The van der Waals surface area contributed by atoms with Gasteiger partial charge in [-0.05, 0) is 22.9 Å². The average molecular weight is 460 g/mol. The minimum Gasteiger partial charge on any atom is -0.369 e. The Hall–Kier alpha value is -2.22. The van der Waals surface area contributed by atoms with Gasteiger partial charge in [-0.15, -0.1) is 0 Å². The van der Waals surface area contributed by atoms with Gasteiger partial charge in [0.15, 0.2) is 0 Å². The van der Waals surface area contributed by atoms with Crippen molar-refractivity contribution in [2.45, 2.75) is 35.9 Å². The van der Waals surface area contributed by atoms with Crippen molar-refractivity contribution in [1.82, 2.24) is 0 Å². The molecule has 0 saturated carbocycles. The molecule has 2 nitrogen and oxygen atoms in total. The first-order valence-electron chi connectivity index (χ1n) is 7.44. The van der Waals surface area contributed by atoms with Crippen LogP contribution in [0.4, 0.5) is 52.7 Å². The fraction of sp³-hybridized carbons (Fsp3) is 0.375. The molecule has 0 bridgehead atoms. The SMILES string of the molecule is OC(c1ccc2cc(C(O)(C(F)(F)F)C(F)(F)F)ccc2c1)(C(F)(F)F)C(F)(F)F. The molecule has 0 spiro atoms. The summed E-state index contributed by atoms with van der Waals surface area (Å²) < 4.78 is 155. The van der Waals surface area contributed by atoms with Gasteiger partial charge in [0.2, 0.25) is 0 Å². The van der Waals surface area contributed by atoms with Gasteiger partial charge in [0.1, 0.15) is 0 Å². The molecule has 14 heteroatoms. The van der Waals surface area contributed by atoms with Crippen LogP contribution in [0.15, 0.2) is 36.4 Å². The number of benzene rings is 2. The number of hydrogen-bond acceptors (Lipinski definition) is 2. The van der Waals surface area contributed by atoms with Crippen LogP contribution in [-0.2, 0) is 11.2 Å². The van der Waals surface area contributed by atoms with E-state index in [1.54, 1.807) is 0 Å². The summed E-state index contributed by atoms with van der Waals surface area (Å²) in [6.07, 6.45) is -25.0. The maximum Gasteiger partial charge on any atom is 0.430 e. The Kier molecular flexibility index (Phi) is 5.32. The Morgan fingerprint density at radius 2 is 0.667 bits per heavy atom. The van der Waals surface area contributed by atoms with E-state index in [-0.39, 0.29) is 24.3 Å². The van der Waals surface area contributed by atoms with Crippen molar-refractivity contribution >= 4 is 10.8 Å². The second kappa shape index (κ2) is 6.64. The highest BCUT2D eigenvalue weighted by Gasteiger charge is 2.72. The smallest absolute Gasteiger partial charge is 0.369 e. The van der Waals surface area contributed by atoms with Crippen molar-refractivity contribution in [3.05, 3.63) is 47.5 Å². The Balaban J connectivity index is 2.73. The maximum atomic E-state index is 12.9. The van der Waals surface area contributed by atoms with E-state index >= 15 is 0 Å². The topological polar surface area (TPSA) is 40.5 Å². The lowest BCUT2D eigenvalue weighted by molar-refractivity contribution is -0.376. The Bertz CT molecular complexity index is 831. The standard InChI is InChI=1S/C16H8F12O2/c17-13(18,19)11(29,14(20,21)22)9-3-1-7-5-10(4-2-8(7)6-9)12(30,15(23,24)25)16(26,27)28/h1-6,29-30H. The highest BCUT2D eigenvalue weighted by molar-refractivity contribution is 5.84. The van der Waals surface area contributed by atoms with Crippen LogP contribution in [0.2, 0.25) is 0 Å². The molecule has 2 N–H and O–H groups in total. The van der Waals surface area contributed by atoms with E-state index in [1.165, 1.54) is 0 Å². The van der Waals surface area contributed by atoms with Crippen LogP contribution in [0.25, 0.3) is 10.8 Å². The summed E-state index contributed by atoms with van der Waals surface area (Å²) in [4.78, 5) is 0. The predicted molar refractivity (Wildman–Crippen MR) is 76.0 cm³/mol. The van der Waals surface area contributed by atoms with Gasteiger partial charge < -0.3 is 10.2 Å². The summed E-state index contributed by atoms with van der Waals surface area (Å²) in [5, 5.41) is 17.3. The molecule has 2 aromatic carbocycles. The minimum absolute atomic E-state index is 0.0489. The van der Waals surface area contributed by atoms with Gasteiger partial charge in [-0.2, -0.15) is 52.7 Å². The molecule has 0 fully saturated rings. The van der Waals surface area contributed by atoms with Gasteiger partial charge in [-0.3, -0.25) is 0 Å². The number of fused-ring (bicyclic) bond motifs is 1. The number of rotatable bonds is 2. The average Bonchev–Trinajstić information content (AvgIpc) is 2.55. The first kappa shape index (κ1) is 24.1. The Labute approximate surface area is 158 Å². The van der Waals surface area contributed by atoms with Gasteiger partial charge in [0.25, 0.3) is 11.2 Å². The van der Waals surface area contributed by atoms with Crippen LogP contribution >= 0.6 is 0 Å². The fourth-order valence-corrected chi connectivity index (χ4v) is 2.67. The molecule has 0 aliphatic rings. The maximum absolute atomic E-state index is 12.9. The molecule has 0 radical (unpaired) electrons. The van der Waals surface area contributed by atoms with Crippen molar-refractivity contribution < 1.29 is 62.9 Å². The van der Waals surface area contributed by atoms with Crippen molar-refractivity contribution in [3.8, 4) is 0 Å². The third-order valence-electron chi connectivity index (χ3n) is 4.32. The monoisotopic (exact) mass is 460 g/mol. The molecule has 0 amide bonds. The van der Waals surface area contributed by atoms with Gasteiger partial charge in [-0.25, -0.2) is 0 Å². The molecule has 0 saturated heterocycles. The molecule has 0 aromatic heterocycles. The van der Waals surface area contributed by atoms with Crippen LogP contribution in [0.1, 0.15) is 11.1 Å². The van der Waals surface area contributed by atoms with Crippen molar-refractivity contribution in [2.75, 3.05) is 0 Å². The first-order valence-corrected chi connectivity index (χ1v) is 7.44. The zero-order chi connectivity index (χ0) is 23.6. The summed E-state index contributed by atoms with van der Waals surface area (Å²) in [6, 6.07) is 1.02. The van der Waals surface area contributed by atoms with Crippen molar-refractivity contribution in [2.24, 2.45) is 0 Å².